The fourth-order valence-electron chi connectivity index (χ4n) is 3.88. The lowest BCUT2D eigenvalue weighted by Gasteiger charge is -2.17. The van der Waals surface area contributed by atoms with Gasteiger partial charge in [0.05, 0.1) is 13.0 Å². The van der Waals surface area contributed by atoms with Crippen LogP contribution in [0.15, 0.2) is 41.8 Å². The molecule has 1 aromatic heterocycles. The summed E-state index contributed by atoms with van der Waals surface area (Å²) in [6.07, 6.45) is 2.04. The molecular weight excluding hydrogens is 351 g/mol. The molecule has 1 saturated carbocycles. The van der Waals surface area contributed by atoms with Crippen molar-refractivity contribution in [2.45, 2.75) is 25.8 Å². The van der Waals surface area contributed by atoms with Gasteiger partial charge in [-0.3, -0.25) is 9.59 Å². The van der Waals surface area contributed by atoms with Crippen LogP contribution in [0.3, 0.4) is 0 Å². The van der Waals surface area contributed by atoms with E-state index in [9.17, 15) is 14.0 Å². The van der Waals surface area contributed by atoms with Crippen LogP contribution in [0.1, 0.15) is 23.3 Å². The number of hydrogen-bond acceptors (Lipinski definition) is 3. The number of amides is 2. The SMILES string of the molecule is O=C(NCc1cccs1)C1CC12CCN(C(=O)Cc1ccc(F)cc1)C2. The first-order chi connectivity index (χ1) is 12.6. The fourth-order valence-corrected chi connectivity index (χ4v) is 4.52. The molecule has 1 spiro atoms. The smallest absolute Gasteiger partial charge is 0.227 e. The second kappa shape index (κ2) is 6.83. The van der Waals surface area contributed by atoms with Crippen molar-refractivity contribution in [3.63, 3.8) is 0 Å². The van der Waals surface area contributed by atoms with Gasteiger partial charge >= 0.3 is 0 Å². The standard InChI is InChI=1S/C20H21FN2O2S/c21-15-5-3-14(4-6-15)10-18(24)23-8-7-20(13-23)11-17(20)19(25)22-12-16-2-1-9-26-16/h1-6,9,17H,7-8,10-13H2,(H,22,25). The Balaban J connectivity index is 1.29. The van der Waals surface area contributed by atoms with Gasteiger partial charge in [-0.15, -0.1) is 11.3 Å². The summed E-state index contributed by atoms with van der Waals surface area (Å²) in [6.45, 7) is 1.94. The quantitative estimate of drug-likeness (QED) is 0.877. The van der Waals surface area contributed by atoms with E-state index < -0.39 is 0 Å². The summed E-state index contributed by atoms with van der Waals surface area (Å²) in [6, 6.07) is 10.0. The first-order valence-electron chi connectivity index (χ1n) is 8.88. The highest BCUT2D eigenvalue weighted by molar-refractivity contribution is 7.09. The highest BCUT2D eigenvalue weighted by atomic mass is 32.1. The normalized spacial score (nSPS) is 24.0. The molecule has 4 nitrogen and oxygen atoms in total. The predicted octanol–water partition coefficient (Wildman–Crippen LogP) is 2.98. The molecule has 1 aromatic carbocycles. The van der Waals surface area contributed by atoms with E-state index in [1.807, 2.05) is 22.4 Å². The first-order valence-corrected chi connectivity index (χ1v) is 9.76. The number of carbonyl (C=O) groups excluding carboxylic acids is 2. The van der Waals surface area contributed by atoms with Gasteiger partial charge in [-0.05, 0) is 42.0 Å². The van der Waals surface area contributed by atoms with E-state index >= 15 is 0 Å². The Kier molecular flexibility index (Phi) is 4.53. The van der Waals surface area contributed by atoms with Crippen LogP contribution in [0, 0.1) is 17.2 Å². The number of nitrogens with zero attached hydrogens (tertiary/aromatic N) is 1. The third kappa shape index (κ3) is 3.51. The fraction of sp³-hybridized carbons (Fsp3) is 0.400. The Bertz CT molecular complexity index is 806. The van der Waals surface area contributed by atoms with Gasteiger partial charge in [-0.25, -0.2) is 4.39 Å². The number of rotatable bonds is 5. The van der Waals surface area contributed by atoms with Gasteiger partial charge in [0.2, 0.25) is 11.8 Å². The number of carbonyl (C=O) groups is 2. The summed E-state index contributed by atoms with van der Waals surface area (Å²) < 4.78 is 13.0. The van der Waals surface area contributed by atoms with Gasteiger partial charge in [0.25, 0.3) is 0 Å². The van der Waals surface area contributed by atoms with Crippen molar-refractivity contribution in [2.75, 3.05) is 13.1 Å². The van der Waals surface area contributed by atoms with E-state index in [1.54, 1.807) is 23.5 Å². The number of halogens is 1. The number of benzene rings is 1. The van der Waals surface area contributed by atoms with Crippen LogP contribution in [-0.4, -0.2) is 29.8 Å². The molecular formula is C20H21FN2O2S. The average Bonchev–Trinajstić information content (AvgIpc) is 2.99. The summed E-state index contributed by atoms with van der Waals surface area (Å²) in [5.41, 5.74) is 0.788. The number of nitrogens with one attached hydrogen (secondary N) is 1. The largest absolute Gasteiger partial charge is 0.351 e. The van der Waals surface area contributed by atoms with E-state index in [1.165, 1.54) is 12.1 Å². The van der Waals surface area contributed by atoms with Crippen LogP contribution < -0.4 is 5.32 Å². The third-order valence-corrected chi connectivity index (χ3v) is 6.41. The molecule has 26 heavy (non-hydrogen) atoms. The molecule has 2 aliphatic rings. The Labute approximate surface area is 156 Å². The lowest BCUT2D eigenvalue weighted by molar-refractivity contribution is -0.130. The van der Waals surface area contributed by atoms with Crippen LogP contribution in [0.25, 0.3) is 0 Å². The van der Waals surface area contributed by atoms with Crippen LogP contribution in [-0.2, 0) is 22.6 Å². The molecule has 4 rings (SSSR count). The van der Waals surface area contributed by atoms with Gasteiger partial charge in [-0.1, -0.05) is 18.2 Å². The molecule has 136 valence electrons. The molecule has 1 aliphatic carbocycles. The van der Waals surface area contributed by atoms with Crippen molar-refractivity contribution < 1.29 is 14.0 Å². The second-order valence-electron chi connectivity index (χ2n) is 7.28. The molecule has 2 atom stereocenters. The van der Waals surface area contributed by atoms with Gasteiger partial charge in [-0.2, -0.15) is 0 Å². The summed E-state index contributed by atoms with van der Waals surface area (Å²) >= 11 is 1.64. The lowest BCUT2D eigenvalue weighted by Crippen LogP contribution is -2.32. The predicted molar refractivity (Wildman–Crippen MR) is 98.0 cm³/mol. The van der Waals surface area contributed by atoms with E-state index in [2.05, 4.69) is 5.32 Å². The maximum Gasteiger partial charge on any atom is 0.227 e. The summed E-state index contributed by atoms with van der Waals surface area (Å²) in [7, 11) is 0. The molecule has 0 bridgehead atoms. The summed E-state index contributed by atoms with van der Waals surface area (Å²) in [5.74, 6) is -0.119. The van der Waals surface area contributed by atoms with Crippen molar-refractivity contribution in [1.29, 1.82) is 0 Å². The minimum atomic E-state index is -0.296. The second-order valence-corrected chi connectivity index (χ2v) is 8.32. The number of thiophene rings is 1. The molecule has 6 heteroatoms. The van der Waals surface area contributed by atoms with Gasteiger partial charge in [0.1, 0.15) is 5.82 Å². The zero-order chi connectivity index (χ0) is 18.1. The van der Waals surface area contributed by atoms with Gasteiger partial charge in [0, 0.05) is 29.3 Å². The molecule has 2 amide bonds. The molecule has 0 radical (unpaired) electrons. The molecule has 1 N–H and O–H groups in total. The topological polar surface area (TPSA) is 49.4 Å². The minimum absolute atomic E-state index is 0.0195. The maximum absolute atomic E-state index is 13.0. The molecule has 2 aromatic rings. The van der Waals surface area contributed by atoms with E-state index in [0.29, 0.717) is 19.6 Å². The average molecular weight is 372 g/mol. The van der Waals surface area contributed by atoms with Crippen molar-refractivity contribution in [3.05, 3.63) is 58.0 Å². The van der Waals surface area contributed by atoms with Crippen LogP contribution in [0.4, 0.5) is 4.39 Å². The maximum atomic E-state index is 13.0. The highest BCUT2D eigenvalue weighted by Gasteiger charge is 2.61. The van der Waals surface area contributed by atoms with Crippen LogP contribution >= 0.6 is 11.3 Å². The Hall–Kier alpha value is -2.21. The van der Waals surface area contributed by atoms with E-state index in [-0.39, 0.29) is 35.4 Å². The molecule has 1 saturated heterocycles. The van der Waals surface area contributed by atoms with Crippen LogP contribution in [0.5, 0.6) is 0 Å². The van der Waals surface area contributed by atoms with E-state index in [4.69, 9.17) is 0 Å². The van der Waals surface area contributed by atoms with Crippen LogP contribution in [0.2, 0.25) is 0 Å². The Morgan fingerprint density at radius 1 is 1.27 bits per heavy atom. The number of hydrogen-bond donors (Lipinski definition) is 1. The summed E-state index contributed by atoms with van der Waals surface area (Å²) in [5, 5.41) is 5.02. The van der Waals surface area contributed by atoms with Gasteiger partial charge in [0.15, 0.2) is 0 Å². The number of likely N-dealkylation sites (tertiary alicyclic amines) is 1. The molecule has 1 aliphatic heterocycles. The zero-order valence-electron chi connectivity index (χ0n) is 14.4. The molecule has 2 fully saturated rings. The lowest BCUT2D eigenvalue weighted by atomic mass is 10.0. The molecule has 2 unspecified atom stereocenters. The minimum Gasteiger partial charge on any atom is -0.351 e. The van der Waals surface area contributed by atoms with Crippen molar-refractivity contribution in [2.24, 2.45) is 11.3 Å². The van der Waals surface area contributed by atoms with Crippen molar-refractivity contribution >= 4 is 23.2 Å². The third-order valence-electron chi connectivity index (χ3n) is 5.53. The zero-order valence-corrected chi connectivity index (χ0v) is 15.2. The van der Waals surface area contributed by atoms with Gasteiger partial charge < -0.3 is 10.2 Å². The monoisotopic (exact) mass is 372 g/mol. The first kappa shape index (κ1) is 17.2. The van der Waals surface area contributed by atoms with Crippen molar-refractivity contribution in [3.8, 4) is 0 Å². The van der Waals surface area contributed by atoms with Crippen molar-refractivity contribution in [1.82, 2.24) is 10.2 Å². The summed E-state index contributed by atoms with van der Waals surface area (Å²) in [4.78, 5) is 27.9. The highest BCUT2D eigenvalue weighted by Crippen LogP contribution is 2.58. The van der Waals surface area contributed by atoms with E-state index in [0.717, 1.165) is 23.3 Å². The Morgan fingerprint density at radius 2 is 2.08 bits per heavy atom. The Morgan fingerprint density at radius 3 is 2.81 bits per heavy atom. The molecule has 2 heterocycles.